The maximum absolute atomic E-state index is 13.1. The first kappa shape index (κ1) is 25.1. The lowest BCUT2D eigenvalue weighted by Crippen LogP contribution is -2.36. The molecule has 1 aliphatic heterocycles. The van der Waals surface area contributed by atoms with Gasteiger partial charge in [0.25, 0.3) is 5.91 Å². The highest BCUT2D eigenvalue weighted by Crippen LogP contribution is 2.32. The second-order valence-corrected chi connectivity index (χ2v) is 8.84. The average Bonchev–Trinajstić information content (AvgIpc) is 2.86. The van der Waals surface area contributed by atoms with E-state index in [2.05, 4.69) is 16.3 Å². The number of nitrogens with zero attached hydrogens (tertiary/aromatic N) is 2. The van der Waals surface area contributed by atoms with Gasteiger partial charge in [0.1, 0.15) is 11.7 Å². The third-order valence-corrected chi connectivity index (χ3v) is 6.34. The highest BCUT2D eigenvalue weighted by atomic mass is 19.4. The molecule has 0 fully saturated rings. The molecule has 184 valence electrons. The Hall–Kier alpha value is -3.96. The molecule has 4 rings (SSSR count). The molecule has 0 saturated heterocycles. The Bertz CT molecular complexity index is 1330. The monoisotopic (exact) mass is 491 g/mol. The van der Waals surface area contributed by atoms with E-state index in [1.807, 2.05) is 12.1 Å². The molecule has 8 heteroatoms. The molecule has 0 radical (unpaired) electrons. The summed E-state index contributed by atoms with van der Waals surface area (Å²) in [6.07, 6.45) is -3.71. The van der Waals surface area contributed by atoms with Gasteiger partial charge < -0.3 is 5.32 Å². The van der Waals surface area contributed by atoms with Crippen LogP contribution in [0.2, 0.25) is 0 Å². The van der Waals surface area contributed by atoms with Gasteiger partial charge in [0.15, 0.2) is 0 Å². The third-order valence-electron chi connectivity index (χ3n) is 6.34. The summed E-state index contributed by atoms with van der Waals surface area (Å²) >= 11 is 0. The van der Waals surface area contributed by atoms with E-state index >= 15 is 0 Å². The number of alkyl halides is 3. The summed E-state index contributed by atoms with van der Waals surface area (Å²) in [6.45, 7) is 3.14. The summed E-state index contributed by atoms with van der Waals surface area (Å²) in [5.74, 6) is -1.14. The molecule has 1 heterocycles. The van der Waals surface area contributed by atoms with Gasteiger partial charge in [-0.25, -0.2) is 0 Å². The SMILES string of the molecule is CC(=O)C(C#N)CN1CCc2cc(NC(=O)c3ccccc3-c3ccc(C(F)(F)F)cc3)ccc2C1. The molecule has 1 atom stereocenters. The van der Waals surface area contributed by atoms with Crippen molar-refractivity contribution in [2.45, 2.75) is 26.1 Å². The molecule has 3 aromatic rings. The van der Waals surface area contributed by atoms with E-state index in [-0.39, 0.29) is 11.7 Å². The van der Waals surface area contributed by atoms with Gasteiger partial charge in [-0.2, -0.15) is 18.4 Å². The smallest absolute Gasteiger partial charge is 0.322 e. The zero-order chi connectivity index (χ0) is 25.9. The minimum absolute atomic E-state index is 0.141. The van der Waals surface area contributed by atoms with E-state index in [0.717, 1.165) is 29.7 Å². The predicted molar refractivity (Wildman–Crippen MR) is 130 cm³/mol. The van der Waals surface area contributed by atoms with E-state index in [1.165, 1.54) is 19.1 Å². The van der Waals surface area contributed by atoms with Crippen molar-refractivity contribution < 1.29 is 22.8 Å². The molecule has 0 aromatic heterocycles. The summed E-state index contributed by atoms with van der Waals surface area (Å²) in [5.41, 5.74) is 3.43. The number of amides is 1. The second-order valence-electron chi connectivity index (χ2n) is 8.84. The Morgan fingerprint density at radius 1 is 1.06 bits per heavy atom. The summed E-state index contributed by atoms with van der Waals surface area (Å²) in [5, 5.41) is 12.1. The topological polar surface area (TPSA) is 73.2 Å². The van der Waals surface area contributed by atoms with Gasteiger partial charge in [0.2, 0.25) is 0 Å². The molecule has 0 spiro atoms. The Labute approximate surface area is 207 Å². The van der Waals surface area contributed by atoms with Crippen LogP contribution in [0.5, 0.6) is 0 Å². The molecule has 1 amide bonds. The highest BCUT2D eigenvalue weighted by Gasteiger charge is 2.30. The fourth-order valence-corrected chi connectivity index (χ4v) is 4.33. The van der Waals surface area contributed by atoms with Gasteiger partial charge in [-0.15, -0.1) is 0 Å². The zero-order valence-electron chi connectivity index (χ0n) is 19.6. The minimum atomic E-state index is -4.43. The first-order valence-corrected chi connectivity index (χ1v) is 11.5. The van der Waals surface area contributed by atoms with Crippen molar-refractivity contribution in [2.24, 2.45) is 5.92 Å². The quantitative estimate of drug-likeness (QED) is 0.479. The Morgan fingerprint density at radius 2 is 1.78 bits per heavy atom. The lowest BCUT2D eigenvalue weighted by Gasteiger charge is -2.30. The predicted octanol–water partition coefficient (Wildman–Crippen LogP) is 5.71. The molecule has 5 nitrogen and oxygen atoms in total. The number of hydrogen-bond acceptors (Lipinski definition) is 4. The van der Waals surface area contributed by atoms with Gasteiger partial charge >= 0.3 is 6.18 Å². The molecule has 1 unspecified atom stereocenters. The van der Waals surface area contributed by atoms with Crippen LogP contribution in [0, 0.1) is 17.2 Å². The van der Waals surface area contributed by atoms with Crippen LogP contribution in [0.25, 0.3) is 11.1 Å². The molecular weight excluding hydrogens is 467 g/mol. The van der Waals surface area contributed by atoms with Crippen molar-refractivity contribution >= 4 is 17.4 Å². The van der Waals surface area contributed by atoms with Crippen LogP contribution in [-0.2, 0) is 23.9 Å². The fraction of sp³-hybridized carbons (Fsp3) is 0.250. The molecule has 3 aromatic carbocycles. The van der Waals surface area contributed by atoms with Crippen molar-refractivity contribution in [3.63, 3.8) is 0 Å². The van der Waals surface area contributed by atoms with Crippen molar-refractivity contribution in [3.8, 4) is 17.2 Å². The van der Waals surface area contributed by atoms with Crippen molar-refractivity contribution in [1.29, 1.82) is 5.26 Å². The normalized spacial score (nSPS) is 14.4. The molecular formula is C28H24F3N3O2. The maximum atomic E-state index is 13.1. The summed E-state index contributed by atoms with van der Waals surface area (Å²) in [6, 6.07) is 19.2. The molecule has 1 N–H and O–H groups in total. The number of carbonyl (C=O) groups excluding carboxylic acids is 2. The number of halogens is 3. The van der Waals surface area contributed by atoms with Crippen LogP contribution < -0.4 is 5.32 Å². The van der Waals surface area contributed by atoms with E-state index in [4.69, 9.17) is 0 Å². The summed E-state index contributed by atoms with van der Waals surface area (Å²) in [7, 11) is 0. The summed E-state index contributed by atoms with van der Waals surface area (Å²) in [4.78, 5) is 26.8. The third kappa shape index (κ3) is 5.64. The van der Waals surface area contributed by atoms with Crippen molar-refractivity contribution in [2.75, 3.05) is 18.4 Å². The van der Waals surface area contributed by atoms with Crippen LogP contribution >= 0.6 is 0 Å². The Balaban J connectivity index is 1.49. The van der Waals surface area contributed by atoms with Gasteiger partial charge in [0, 0.05) is 30.9 Å². The molecule has 1 aliphatic rings. The first-order chi connectivity index (χ1) is 17.2. The lowest BCUT2D eigenvalue weighted by molar-refractivity contribution is -0.137. The Kier molecular flexibility index (Phi) is 7.22. The molecule has 36 heavy (non-hydrogen) atoms. The zero-order valence-corrected chi connectivity index (χ0v) is 19.6. The number of carbonyl (C=O) groups is 2. The maximum Gasteiger partial charge on any atom is 0.416 e. The standard InChI is InChI=1S/C28H24F3N3O2/c1-18(35)22(15-32)17-34-13-12-20-14-24(11-8-21(20)16-34)33-27(36)26-5-3-2-4-25(26)19-6-9-23(10-7-19)28(29,30)31/h2-11,14,22H,12-13,16-17H2,1H3,(H,33,36). The number of ketones is 1. The summed E-state index contributed by atoms with van der Waals surface area (Å²) < 4.78 is 38.8. The van der Waals surface area contributed by atoms with E-state index in [1.54, 1.807) is 30.3 Å². The fourth-order valence-electron chi connectivity index (χ4n) is 4.33. The lowest BCUT2D eigenvalue weighted by atomic mass is 9.96. The average molecular weight is 492 g/mol. The van der Waals surface area contributed by atoms with Crippen molar-refractivity contribution in [1.82, 2.24) is 4.90 Å². The number of anilines is 1. The minimum Gasteiger partial charge on any atom is -0.322 e. The molecule has 0 bridgehead atoms. The van der Waals surface area contributed by atoms with E-state index in [0.29, 0.717) is 42.0 Å². The first-order valence-electron chi connectivity index (χ1n) is 11.5. The van der Waals surface area contributed by atoms with Crippen LogP contribution in [0.3, 0.4) is 0 Å². The highest BCUT2D eigenvalue weighted by molar-refractivity contribution is 6.08. The van der Waals surface area contributed by atoms with Crippen LogP contribution in [-0.4, -0.2) is 29.7 Å². The molecule has 0 saturated carbocycles. The second kappa shape index (κ2) is 10.3. The van der Waals surface area contributed by atoms with Gasteiger partial charge in [-0.3, -0.25) is 14.5 Å². The van der Waals surface area contributed by atoms with Crippen molar-refractivity contribution in [3.05, 3.63) is 89.0 Å². The van der Waals surface area contributed by atoms with Crippen LogP contribution in [0.1, 0.15) is 34.0 Å². The van der Waals surface area contributed by atoms with E-state index < -0.39 is 17.7 Å². The molecule has 0 aliphatic carbocycles. The largest absolute Gasteiger partial charge is 0.416 e. The number of nitrogens with one attached hydrogen (secondary N) is 1. The number of Topliss-reactive ketones (excluding diaryl/α,β-unsaturated/α-hetero) is 1. The van der Waals surface area contributed by atoms with Crippen LogP contribution in [0.15, 0.2) is 66.7 Å². The van der Waals surface area contributed by atoms with Crippen LogP contribution in [0.4, 0.5) is 18.9 Å². The number of hydrogen-bond donors (Lipinski definition) is 1. The van der Waals surface area contributed by atoms with Gasteiger partial charge in [-0.1, -0.05) is 36.4 Å². The van der Waals surface area contributed by atoms with Gasteiger partial charge in [0.05, 0.1) is 11.6 Å². The number of fused-ring (bicyclic) bond motifs is 1. The number of nitriles is 1. The Morgan fingerprint density at radius 3 is 2.44 bits per heavy atom. The number of benzene rings is 3. The van der Waals surface area contributed by atoms with E-state index in [9.17, 15) is 28.0 Å². The van der Waals surface area contributed by atoms with Gasteiger partial charge in [-0.05, 0) is 65.9 Å². The number of rotatable bonds is 6.